The highest BCUT2D eigenvalue weighted by molar-refractivity contribution is 7.07. The zero-order valence-electron chi connectivity index (χ0n) is 9.23. The van der Waals surface area contributed by atoms with Crippen LogP contribution in [-0.4, -0.2) is 11.5 Å². The summed E-state index contributed by atoms with van der Waals surface area (Å²) in [5.74, 6) is -0.0721. The Hall–Kier alpha value is -1.46. The van der Waals surface area contributed by atoms with Crippen molar-refractivity contribution >= 4 is 11.3 Å². The van der Waals surface area contributed by atoms with Crippen molar-refractivity contribution in [2.75, 3.05) is 6.54 Å². The molecule has 0 spiro atoms. The van der Waals surface area contributed by atoms with Crippen molar-refractivity contribution in [2.45, 2.75) is 13.0 Å². The van der Waals surface area contributed by atoms with Crippen molar-refractivity contribution in [3.63, 3.8) is 0 Å². The molecule has 1 aromatic carbocycles. The van der Waals surface area contributed by atoms with Gasteiger partial charge >= 0.3 is 0 Å². The van der Waals surface area contributed by atoms with Crippen LogP contribution in [0.3, 0.4) is 0 Å². The molecule has 2 N–H and O–H groups in total. The number of para-hydroxylation sites is 1. The molecule has 5 heteroatoms. The number of aromatic nitrogens is 1. The zero-order valence-corrected chi connectivity index (χ0v) is 10.0. The molecule has 0 atom stereocenters. The van der Waals surface area contributed by atoms with E-state index in [9.17, 15) is 4.39 Å². The first kappa shape index (κ1) is 12.0. The van der Waals surface area contributed by atoms with Crippen LogP contribution in [0.4, 0.5) is 4.39 Å². The van der Waals surface area contributed by atoms with Gasteiger partial charge in [-0.2, -0.15) is 0 Å². The molecule has 1 aromatic heterocycles. The number of rotatable bonds is 5. The van der Waals surface area contributed by atoms with Gasteiger partial charge in [-0.3, -0.25) is 0 Å². The summed E-state index contributed by atoms with van der Waals surface area (Å²) >= 11 is 1.49. The number of halogens is 1. The van der Waals surface area contributed by atoms with Gasteiger partial charge < -0.3 is 10.5 Å². The van der Waals surface area contributed by atoms with Crippen LogP contribution in [-0.2, 0) is 13.0 Å². The second-order valence-corrected chi connectivity index (χ2v) is 4.25. The van der Waals surface area contributed by atoms with Gasteiger partial charge in [0.25, 0.3) is 0 Å². The molecule has 0 amide bonds. The molecule has 1 heterocycles. The Kier molecular flexibility index (Phi) is 4.06. The van der Waals surface area contributed by atoms with Gasteiger partial charge in [0.15, 0.2) is 11.6 Å². The lowest BCUT2D eigenvalue weighted by atomic mass is 10.1. The number of nitrogens with two attached hydrogens (primary N) is 1. The predicted molar refractivity (Wildman–Crippen MR) is 65.6 cm³/mol. The van der Waals surface area contributed by atoms with E-state index in [4.69, 9.17) is 10.5 Å². The van der Waals surface area contributed by atoms with Gasteiger partial charge in [-0.05, 0) is 24.6 Å². The maximum absolute atomic E-state index is 13.6. The minimum Gasteiger partial charge on any atom is -0.484 e. The van der Waals surface area contributed by atoms with Crippen LogP contribution in [0.25, 0.3) is 0 Å². The lowest BCUT2D eigenvalue weighted by molar-refractivity contribution is 0.283. The Bertz CT molecular complexity index is 473. The van der Waals surface area contributed by atoms with Crippen LogP contribution in [0, 0.1) is 5.82 Å². The molecule has 0 fully saturated rings. The fourth-order valence-electron chi connectivity index (χ4n) is 1.52. The molecule has 17 heavy (non-hydrogen) atoms. The third-order valence-corrected chi connectivity index (χ3v) is 2.95. The molecule has 2 rings (SSSR count). The molecule has 0 saturated carbocycles. The average Bonchev–Trinajstić information content (AvgIpc) is 2.82. The van der Waals surface area contributed by atoms with Crippen LogP contribution in [0.2, 0.25) is 0 Å². The largest absolute Gasteiger partial charge is 0.484 e. The first-order chi connectivity index (χ1) is 8.31. The number of hydrogen-bond donors (Lipinski definition) is 1. The summed E-state index contributed by atoms with van der Waals surface area (Å²) in [6.07, 6.45) is 0.601. The minimum atomic E-state index is -0.355. The number of hydrogen-bond acceptors (Lipinski definition) is 4. The summed E-state index contributed by atoms with van der Waals surface area (Å²) in [6.45, 7) is 0.749. The Balaban J connectivity index is 2.13. The minimum absolute atomic E-state index is 0.280. The van der Waals surface area contributed by atoms with E-state index < -0.39 is 0 Å². The van der Waals surface area contributed by atoms with E-state index in [0.29, 0.717) is 13.0 Å². The maximum Gasteiger partial charge on any atom is 0.165 e. The first-order valence-electron chi connectivity index (χ1n) is 5.28. The van der Waals surface area contributed by atoms with Gasteiger partial charge in [-0.25, -0.2) is 9.37 Å². The first-order valence-corrected chi connectivity index (χ1v) is 6.23. The Labute approximate surface area is 103 Å². The molecule has 0 aliphatic rings. The van der Waals surface area contributed by atoms with E-state index in [-0.39, 0.29) is 18.2 Å². The molecule has 0 unspecified atom stereocenters. The summed E-state index contributed by atoms with van der Waals surface area (Å²) in [6, 6.07) is 4.87. The van der Waals surface area contributed by atoms with Crippen LogP contribution < -0.4 is 10.5 Å². The summed E-state index contributed by atoms with van der Waals surface area (Å²) in [5.41, 5.74) is 8.80. The second kappa shape index (κ2) is 5.75. The van der Waals surface area contributed by atoms with E-state index in [1.165, 1.54) is 17.4 Å². The van der Waals surface area contributed by atoms with Gasteiger partial charge in [0.05, 0.1) is 11.2 Å². The molecule has 0 bridgehead atoms. The number of nitrogens with zero attached hydrogens (tertiary/aromatic N) is 1. The summed E-state index contributed by atoms with van der Waals surface area (Å²) < 4.78 is 19.1. The highest BCUT2D eigenvalue weighted by Crippen LogP contribution is 2.24. The van der Waals surface area contributed by atoms with Gasteiger partial charge in [0, 0.05) is 5.38 Å². The Morgan fingerprint density at radius 1 is 1.41 bits per heavy atom. The maximum atomic E-state index is 13.6. The van der Waals surface area contributed by atoms with Crippen LogP contribution >= 0.6 is 11.3 Å². The number of thiazole rings is 1. The van der Waals surface area contributed by atoms with E-state index in [0.717, 1.165) is 11.3 Å². The van der Waals surface area contributed by atoms with Crippen LogP contribution in [0.15, 0.2) is 29.1 Å². The number of benzene rings is 1. The van der Waals surface area contributed by atoms with Crippen LogP contribution in [0.5, 0.6) is 5.75 Å². The van der Waals surface area contributed by atoms with E-state index in [2.05, 4.69) is 4.98 Å². The van der Waals surface area contributed by atoms with Crippen molar-refractivity contribution in [3.05, 3.63) is 46.2 Å². The van der Waals surface area contributed by atoms with Crippen molar-refractivity contribution in [1.29, 1.82) is 0 Å². The third kappa shape index (κ3) is 3.01. The SMILES string of the molecule is NCCc1cccc(F)c1OCc1cscn1. The van der Waals surface area contributed by atoms with E-state index in [1.807, 2.05) is 11.4 Å². The highest BCUT2D eigenvalue weighted by Gasteiger charge is 2.09. The lowest BCUT2D eigenvalue weighted by Crippen LogP contribution is -2.06. The molecule has 0 radical (unpaired) electrons. The lowest BCUT2D eigenvalue weighted by Gasteiger charge is -2.10. The van der Waals surface area contributed by atoms with E-state index >= 15 is 0 Å². The normalized spacial score (nSPS) is 10.5. The summed E-state index contributed by atoms with van der Waals surface area (Å²) in [4.78, 5) is 4.08. The Morgan fingerprint density at radius 2 is 2.29 bits per heavy atom. The Morgan fingerprint density at radius 3 is 3.00 bits per heavy atom. The molecule has 3 nitrogen and oxygen atoms in total. The number of ether oxygens (including phenoxy) is 1. The van der Waals surface area contributed by atoms with Gasteiger partial charge in [0.2, 0.25) is 0 Å². The monoisotopic (exact) mass is 252 g/mol. The topological polar surface area (TPSA) is 48.1 Å². The second-order valence-electron chi connectivity index (χ2n) is 3.54. The zero-order chi connectivity index (χ0) is 12.1. The summed E-state index contributed by atoms with van der Waals surface area (Å²) in [5, 5.41) is 1.88. The van der Waals surface area contributed by atoms with Crippen molar-refractivity contribution < 1.29 is 9.13 Å². The smallest absolute Gasteiger partial charge is 0.165 e. The molecule has 0 aliphatic heterocycles. The third-order valence-electron chi connectivity index (χ3n) is 2.31. The average molecular weight is 252 g/mol. The molecular weight excluding hydrogens is 239 g/mol. The molecule has 0 aliphatic carbocycles. The van der Waals surface area contributed by atoms with Crippen LogP contribution in [0.1, 0.15) is 11.3 Å². The fraction of sp³-hybridized carbons (Fsp3) is 0.250. The van der Waals surface area contributed by atoms with Crippen molar-refractivity contribution in [2.24, 2.45) is 5.73 Å². The molecule has 0 saturated heterocycles. The molecule has 90 valence electrons. The van der Waals surface area contributed by atoms with E-state index in [1.54, 1.807) is 11.6 Å². The summed E-state index contributed by atoms with van der Waals surface area (Å²) in [7, 11) is 0. The fourth-order valence-corrected chi connectivity index (χ4v) is 2.07. The highest BCUT2D eigenvalue weighted by atomic mass is 32.1. The standard InChI is InChI=1S/C12H13FN2OS/c13-11-3-1-2-9(4-5-14)12(11)16-6-10-7-17-8-15-10/h1-3,7-8H,4-6,14H2. The van der Waals surface area contributed by atoms with Gasteiger partial charge in [-0.1, -0.05) is 12.1 Å². The molecule has 2 aromatic rings. The van der Waals surface area contributed by atoms with Crippen molar-refractivity contribution in [1.82, 2.24) is 4.98 Å². The van der Waals surface area contributed by atoms with Gasteiger partial charge in [-0.15, -0.1) is 11.3 Å². The van der Waals surface area contributed by atoms with Crippen molar-refractivity contribution in [3.8, 4) is 5.75 Å². The van der Waals surface area contributed by atoms with Gasteiger partial charge in [0.1, 0.15) is 6.61 Å². The molecular formula is C12H13FN2OS. The quantitative estimate of drug-likeness (QED) is 0.888. The predicted octanol–water partition coefficient (Wildman–Crippen LogP) is 2.36.